The van der Waals surface area contributed by atoms with E-state index in [1.165, 1.54) is 12.8 Å². The van der Waals surface area contributed by atoms with Gasteiger partial charge in [0.25, 0.3) is 0 Å². The molecule has 0 bridgehead atoms. The van der Waals surface area contributed by atoms with Crippen LogP contribution in [0.5, 0.6) is 0 Å². The molecule has 0 unspecified atom stereocenters. The van der Waals surface area contributed by atoms with Crippen molar-refractivity contribution in [1.29, 1.82) is 0 Å². The molecule has 1 aliphatic rings. The van der Waals surface area contributed by atoms with Crippen LogP contribution in [0.15, 0.2) is 0 Å². The van der Waals surface area contributed by atoms with E-state index in [-0.39, 0.29) is 37.0 Å². The first-order chi connectivity index (χ1) is 6.24. The van der Waals surface area contributed by atoms with Crippen LogP contribution in [0.4, 0.5) is 0 Å². The first-order valence-electron chi connectivity index (χ1n) is 5.32. The summed E-state index contributed by atoms with van der Waals surface area (Å²) in [7, 11) is 0. The minimum atomic E-state index is 0. The third kappa shape index (κ3) is 6.25. The Morgan fingerprint density at radius 2 is 1.57 bits per heavy atom. The summed E-state index contributed by atoms with van der Waals surface area (Å²) < 4.78 is 0. The summed E-state index contributed by atoms with van der Waals surface area (Å²) in [5, 5.41) is 0. The predicted molar refractivity (Wildman–Crippen MR) is 57.0 cm³/mol. The molecule has 0 N–H and O–H groups in total. The van der Waals surface area contributed by atoms with Crippen LogP contribution in [0.25, 0.3) is 0 Å². The molecule has 0 aromatic rings. The summed E-state index contributed by atoms with van der Waals surface area (Å²) >= 11 is 0. The van der Waals surface area contributed by atoms with Crippen molar-refractivity contribution in [3.8, 4) is 0 Å². The van der Waals surface area contributed by atoms with E-state index >= 15 is 0 Å². The molecule has 1 aliphatic carbocycles. The Morgan fingerprint density at radius 1 is 1.14 bits per heavy atom. The van der Waals surface area contributed by atoms with Gasteiger partial charge < -0.3 is 11.7 Å². The average molecular weight is 420 g/mol. The van der Waals surface area contributed by atoms with Gasteiger partial charge in [0.1, 0.15) is 0 Å². The molecule has 14 heavy (non-hydrogen) atoms. The molecule has 0 aliphatic heterocycles. The third-order valence-corrected chi connectivity index (χ3v) is 2.88. The van der Waals surface area contributed by atoms with E-state index in [1.807, 2.05) is 0 Å². The molecule has 0 radical (unpaired) electrons. The molecule has 0 aromatic heterocycles. The standard InChI is InChI=1S/C10H17O.C2H5.U/c1-8(2)10-5-3-9(7-11)4-6-10;1-2;/h8-10H,3-6H2,1-2H3;1H2,2H3;/q2*-1;+2. The van der Waals surface area contributed by atoms with Crippen molar-refractivity contribution in [1.82, 2.24) is 0 Å². The fourth-order valence-corrected chi connectivity index (χ4v) is 1.90. The van der Waals surface area contributed by atoms with Crippen LogP contribution in [-0.4, -0.2) is 6.29 Å². The first-order valence-corrected chi connectivity index (χ1v) is 5.32. The summed E-state index contributed by atoms with van der Waals surface area (Å²) in [6, 6.07) is 0. The monoisotopic (exact) mass is 420 g/mol. The van der Waals surface area contributed by atoms with Crippen molar-refractivity contribution in [3.05, 3.63) is 6.92 Å². The molecule has 0 aromatic carbocycles. The average Bonchev–Trinajstić information content (AvgIpc) is 2.21. The molecule has 0 saturated heterocycles. The Balaban J connectivity index is 0. The van der Waals surface area contributed by atoms with Gasteiger partial charge >= 0.3 is 31.1 Å². The van der Waals surface area contributed by atoms with Crippen LogP contribution in [-0.2, 0) is 4.79 Å². The molecule has 2 heteroatoms. The van der Waals surface area contributed by atoms with Crippen LogP contribution in [0.1, 0.15) is 46.5 Å². The second kappa shape index (κ2) is 10.2. The summed E-state index contributed by atoms with van der Waals surface area (Å²) in [5.74, 6) is 1.91. The van der Waals surface area contributed by atoms with Gasteiger partial charge in [-0.3, -0.25) is 6.29 Å². The van der Waals surface area contributed by atoms with Gasteiger partial charge in [-0.2, -0.15) is 6.92 Å². The number of hydrogen-bond acceptors (Lipinski definition) is 1. The van der Waals surface area contributed by atoms with Crippen LogP contribution < -0.4 is 0 Å². The van der Waals surface area contributed by atoms with Gasteiger partial charge in [-0.25, -0.2) is 0 Å². The second-order valence-corrected chi connectivity index (χ2v) is 3.97. The summed E-state index contributed by atoms with van der Waals surface area (Å²) in [6.45, 7) is 9.55. The smallest absolute Gasteiger partial charge is 0.542 e. The molecule has 1 nitrogen and oxygen atoms in total. The Labute approximate surface area is 113 Å². The van der Waals surface area contributed by atoms with Crippen molar-refractivity contribution >= 4 is 6.29 Å². The van der Waals surface area contributed by atoms with E-state index < -0.39 is 0 Å². The molecule has 0 spiro atoms. The molecule has 0 heterocycles. The minimum Gasteiger partial charge on any atom is -0.542 e. The minimum absolute atomic E-state index is 0. The van der Waals surface area contributed by atoms with Gasteiger partial charge in [0.05, 0.1) is 0 Å². The van der Waals surface area contributed by atoms with Crippen molar-refractivity contribution in [2.75, 3.05) is 0 Å². The van der Waals surface area contributed by atoms with Gasteiger partial charge in [-0.1, -0.05) is 39.5 Å². The third-order valence-electron chi connectivity index (χ3n) is 2.88. The maximum Gasteiger partial charge on any atom is 2.00 e. The zero-order valence-electron chi connectivity index (χ0n) is 9.68. The second-order valence-electron chi connectivity index (χ2n) is 3.97. The molecule has 0 atom stereocenters. The normalized spacial score (nSPS) is 25.8. The SMILES string of the molecule is CC(C)C1CCC([C-]=O)CC1.[CH2-]C.[U+2]. The van der Waals surface area contributed by atoms with E-state index in [1.54, 1.807) is 6.92 Å². The van der Waals surface area contributed by atoms with Gasteiger partial charge in [-0.05, 0) is 11.8 Å². The molecular formula is C12H22OU. The number of rotatable bonds is 2. The maximum absolute atomic E-state index is 10.3. The molecule has 0 amide bonds. The maximum atomic E-state index is 10.3. The Bertz CT molecular complexity index is 126. The number of carbonyl (C=O) groups excluding carboxylic acids is 1. The zero-order chi connectivity index (χ0) is 10.3. The van der Waals surface area contributed by atoms with Crippen molar-refractivity contribution in [2.24, 2.45) is 17.8 Å². The molecule has 1 saturated carbocycles. The van der Waals surface area contributed by atoms with Crippen molar-refractivity contribution < 1.29 is 35.9 Å². The molecule has 1 fully saturated rings. The van der Waals surface area contributed by atoms with E-state index in [4.69, 9.17) is 0 Å². The van der Waals surface area contributed by atoms with Crippen molar-refractivity contribution in [3.63, 3.8) is 0 Å². The largest absolute Gasteiger partial charge is 2.00 e. The van der Waals surface area contributed by atoms with E-state index in [9.17, 15) is 4.79 Å². The fourth-order valence-electron chi connectivity index (χ4n) is 1.90. The quantitative estimate of drug-likeness (QED) is 0.626. The Hall–Kier alpha value is 0.722. The molecular weight excluding hydrogens is 398 g/mol. The molecule has 80 valence electrons. The summed E-state index contributed by atoms with van der Waals surface area (Å²) in [6.07, 6.45) is 6.73. The van der Waals surface area contributed by atoms with Crippen LogP contribution in [0.2, 0.25) is 0 Å². The van der Waals surface area contributed by atoms with Crippen LogP contribution in [0.3, 0.4) is 0 Å². The van der Waals surface area contributed by atoms with Gasteiger partial charge in [0, 0.05) is 0 Å². The van der Waals surface area contributed by atoms with E-state index in [0.29, 0.717) is 0 Å². The summed E-state index contributed by atoms with van der Waals surface area (Å²) in [4.78, 5) is 10.3. The molecule has 1 rings (SSSR count). The predicted octanol–water partition coefficient (Wildman–Crippen LogP) is 3.40. The van der Waals surface area contributed by atoms with Gasteiger partial charge in [0.15, 0.2) is 0 Å². The first kappa shape index (κ1) is 17.1. The van der Waals surface area contributed by atoms with Gasteiger partial charge in [0.2, 0.25) is 0 Å². The van der Waals surface area contributed by atoms with Crippen molar-refractivity contribution in [2.45, 2.75) is 46.5 Å². The Kier molecular flexibility index (Phi) is 12.5. The van der Waals surface area contributed by atoms with Crippen LogP contribution >= 0.6 is 0 Å². The van der Waals surface area contributed by atoms with Crippen LogP contribution in [0, 0.1) is 55.8 Å². The van der Waals surface area contributed by atoms with Gasteiger partial charge in [-0.15, -0.1) is 5.92 Å². The zero-order valence-corrected chi connectivity index (χ0v) is 13.8. The topological polar surface area (TPSA) is 17.1 Å². The van der Waals surface area contributed by atoms with E-state index in [2.05, 4.69) is 27.1 Å². The Morgan fingerprint density at radius 3 is 1.86 bits per heavy atom. The number of hydrogen-bond donors (Lipinski definition) is 0. The van der Waals surface area contributed by atoms with E-state index in [0.717, 1.165) is 24.7 Å². The fraction of sp³-hybridized carbons (Fsp3) is 0.833. The summed E-state index contributed by atoms with van der Waals surface area (Å²) in [5.41, 5.74) is 0.